The van der Waals surface area contributed by atoms with Crippen molar-refractivity contribution in [3.8, 4) is 0 Å². The highest BCUT2D eigenvalue weighted by atomic mass is 32.1. The summed E-state index contributed by atoms with van der Waals surface area (Å²) in [4.78, 5) is 2.12. The molecule has 0 atom stereocenters. The molecule has 0 amide bonds. The van der Waals surface area contributed by atoms with Crippen LogP contribution >= 0.6 is 11.5 Å². The molecule has 12 heavy (non-hydrogen) atoms. The van der Waals surface area contributed by atoms with Crippen LogP contribution in [0.15, 0.2) is 5.38 Å². The van der Waals surface area contributed by atoms with Crippen LogP contribution in [0.5, 0.6) is 0 Å². The van der Waals surface area contributed by atoms with E-state index < -0.39 is 0 Å². The van der Waals surface area contributed by atoms with Crippen LogP contribution in [0.2, 0.25) is 0 Å². The molecule has 0 aromatic carbocycles. The van der Waals surface area contributed by atoms with Gasteiger partial charge in [-0.3, -0.25) is 0 Å². The molecular formula is C9H16N2S. The zero-order valence-electron chi connectivity index (χ0n) is 8.38. The van der Waals surface area contributed by atoms with E-state index in [9.17, 15) is 0 Å². The summed E-state index contributed by atoms with van der Waals surface area (Å²) in [7, 11) is 4.11. The van der Waals surface area contributed by atoms with Crippen molar-refractivity contribution in [2.24, 2.45) is 0 Å². The lowest BCUT2D eigenvalue weighted by Gasteiger charge is -2.21. The maximum absolute atomic E-state index is 4.41. The number of aromatic nitrogens is 1. The van der Waals surface area contributed by atoms with Gasteiger partial charge in [0.25, 0.3) is 0 Å². The lowest BCUT2D eigenvalue weighted by Crippen LogP contribution is -2.18. The van der Waals surface area contributed by atoms with Gasteiger partial charge >= 0.3 is 0 Å². The third-order valence-electron chi connectivity index (χ3n) is 1.74. The average Bonchev–Trinajstić information content (AvgIpc) is 2.30. The fraction of sp³-hybridized carbons (Fsp3) is 0.667. The Kier molecular flexibility index (Phi) is 2.42. The zero-order chi connectivity index (χ0) is 9.35. The van der Waals surface area contributed by atoms with Crippen LogP contribution in [0.4, 0.5) is 5.69 Å². The highest BCUT2D eigenvalue weighted by Gasteiger charge is 2.21. The van der Waals surface area contributed by atoms with Crippen molar-refractivity contribution in [2.45, 2.75) is 26.2 Å². The van der Waals surface area contributed by atoms with Gasteiger partial charge in [-0.1, -0.05) is 20.8 Å². The van der Waals surface area contributed by atoms with Crippen molar-refractivity contribution < 1.29 is 0 Å². The molecule has 0 N–H and O–H groups in total. The van der Waals surface area contributed by atoms with Crippen LogP contribution in [-0.4, -0.2) is 18.5 Å². The van der Waals surface area contributed by atoms with Gasteiger partial charge in [0.2, 0.25) is 0 Å². The van der Waals surface area contributed by atoms with Crippen LogP contribution in [0, 0.1) is 0 Å². The second kappa shape index (κ2) is 3.05. The van der Waals surface area contributed by atoms with Gasteiger partial charge in [-0.15, -0.1) is 0 Å². The van der Waals surface area contributed by atoms with E-state index in [1.165, 1.54) is 22.9 Å². The van der Waals surface area contributed by atoms with Crippen molar-refractivity contribution in [1.82, 2.24) is 4.37 Å². The molecule has 1 rings (SSSR count). The molecule has 0 aliphatic rings. The van der Waals surface area contributed by atoms with Crippen molar-refractivity contribution in [3.63, 3.8) is 0 Å². The van der Waals surface area contributed by atoms with Crippen LogP contribution in [0.3, 0.4) is 0 Å². The first kappa shape index (κ1) is 9.52. The lowest BCUT2D eigenvalue weighted by atomic mass is 9.91. The van der Waals surface area contributed by atoms with Crippen molar-refractivity contribution in [1.29, 1.82) is 0 Å². The number of nitrogens with zero attached hydrogens (tertiary/aromatic N) is 2. The topological polar surface area (TPSA) is 16.1 Å². The van der Waals surface area contributed by atoms with E-state index in [0.29, 0.717) is 0 Å². The summed E-state index contributed by atoms with van der Waals surface area (Å²) in [6, 6.07) is 0. The molecule has 0 radical (unpaired) electrons. The third kappa shape index (κ3) is 1.78. The molecule has 1 aromatic heterocycles. The van der Waals surface area contributed by atoms with Gasteiger partial charge in [0.1, 0.15) is 0 Å². The Morgan fingerprint density at radius 3 is 2.25 bits per heavy atom. The highest BCUT2D eigenvalue weighted by molar-refractivity contribution is 7.04. The molecule has 0 unspecified atom stereocenters. The predicted octanol–water partition coefficient (Wildman–Crippen LogP) is 2.51. The monoisotopic (exact) mass is 184 g/mol. The predicted molar refractivity (Wildman–Crippen MR) is 55.1 cm³/mol. The molecule has 0 bridgehead atoms. The summed E-state index contributed by atoms with van der Waals surface area (Å²) in [6.07, 6.45) is 0. The van der Waals surface area contributed by atoms with Gasteiger partial charge in [-0.25, -0.2) is 0 Å². The summed E-state index contributed by atoms with van der Waals surface area (Å²) in [5.74, 6) is 0. The van der Waals surface area contributed by atoms with Crippen molar-refractivity contribution in [3.05, 3.63) is 11.1 Å². The van der Waals surface area contributed by atoms with Crippen LogP contribution < -0.4 is 4.90 Å². The SMILES string of the molecule is CN(C)c1csnc1C(C)(C)C. The molecule has 1 heterocycles. The molecule has 0 spiro atoms. The van der Waals surface area contributed by atoms with Crippen molar-refractivity contribution >= 4 is 17.2 Å². The quantitative estimate of drug-likeness (QED) is 0.666. The van der Waals surface area contributed by atoms with E-state index in [2.05, 4.69) is 49.5 Å². The van der Waals surface area contributed by atoms with Gasteiger partial charge in [0, 0.05) is 24.9 Å². The molecule has 0 aliphatic carbocycles. The number of hydrogen-bond donors (Lipinski definition) is 0. The second-order valence-electron chi connectivity index (χ2n) is 4.19. The van der Waals surface area contributed by atoms with Gasteiger partial charge < -0.3 is 4.90 Å². The Morgan fingerprint density at radius 1 is 1.33 bits per heavy atom. The minimum absolute atomic E-state index is 0.152. The number of rotatable bonds is 1. The molecule has 1 aromatic rings. The highest BCUT2D eigenvalue weighted by Crippen LogP contribution is 2.31. The Balaban J connectivity index is 3.08. The van der Waals surface area contributed by atoms with E-state index >= 15 is 0 Å². The molecule has 0 saturated heterocycles. The van der Waals surface area contributed by atoms with Gasteiger partial charge in [0.05, 0.1) is 11.4 Å². The zero-order valence-corrected chi connectivity index (χ0v) is 9.20. The maximum atomic E-state index is 4.41. The normalized spacial score (nSPS) is 11.8. The Labute approximate surface area is 78.4 Å². The van der Waals surface area contributed by atoms with Gasteiger partial charge in [0.15, 0.2) is 0 Å². The fourth-order valence-corrected chi connectivity index (χ4v) is 2.02. The molecule has 0 fully saturated rings. The Morgan fingerprint density at radius 2 is 1.92 bits per heavy atom. The molecule has 2 nitrogen and oxygen atoms in total. The molecular weight excluding hydrogens is 168 g/mol. The largest absolute Gasteiger partial charge is 0.375 e. The maximum Gasteiger partial charge on any atom is 0.0828 e. The summed E-state index contributed by atoms with van der Waals surface area (Å²) < 4.78 is 4.41. The van der Waals surface area contributed by atoms with E-state index in [4.69, 9.17) is 0 Å². The molecule has 0 saturated carbocycles. The van der Waals surface area contributed by atoms with Crippen molar-refractivity contribution in [2.75, 3.05) is 19.0 Å². The number of hydrogen-bond acceptors (Lipinski definition) is 3. The first-order valence-corrected chi connectivity index (χ1v) is 4.89. The van der Waals surface area contributed by atoms with Crippen LogP contribution in [-0.2, 0) is 5.41 Å². The Bertz CT molecular complexity index is 258. The smallest absolute Gasteiger partial charge is 0.0828 e. The summed E-state index contributed by atoms with van der Waals surface area (Å²) in [5, 5.41) is 2.10. The lowest BCUT2D eigenvalue weighted by molar-refractivity contribution is 0.575. The van der Waals surface area contributed by atoms with Gasteiger partial charge in [-0.2, -0.15) is 4.37 Å². The number of anilines is 1. The molecule has 3 heteroatoms. The van der Waals surface area contributed by atoms with Gasteiger partial charge in [-0.05, 0) is 11.5 Å². The standard InChI is InChI=1S/C9H16N2S/c1-9(2,3)8-7(11(4)5)6-12-10-8/h6H,1-5H3. The second-order valence-corrected chi connectivity index (χ2v) is 4.82. The first-order chi connectivity index (χ1) is 5.43. The average molecular weight is 184 g/mol. The Hall–Kier alpha value is -0.570. The fourth-order valence-electron chi connectivity index (χ4n) is 1.07. The van der Waals surface area contributed by atoms with Crippen LogP contribution in [0.1, 0.15) is 26.5 Å². The summed E-state index contributed by atoms with van der Waals surface area (Å²) in [6.45, 7) is 6.57. The summed E-state index contributed by atoms with van der Waals surface area (Å²) in [5.41, 5.74) is 2.59. The molecule has 68 valence electrons. The van der Waals surface area contributed by atoms with E-state index in [1.54, 1.807) is 0 Å². The van der Waals surface area contributed by atoms with E-state index in [1.807, 2.05) is 0 Å². The third-order valence-corrected chi connectivity index (χ3v) is 2.36. The van der Waals surface area contributed by atoms with Crippen LogP contribution in [0.25, 0.3) is 0 Å². The minimum atomic E-state index is 0.152. The first-order valence-electron chi connectivity index (χ1n) is 4.05. The van der Waals surface area contributed by atoms with E-state index in [0.717, 1.165) is 0 Å². The minimum Gasteiger partial charge on any atom is -0.375 e. The molecule has 0 aliphatic heterocycles. The summed E-state index contributed by atoms with van der Waals surface area (Å²) >= 11 is 1.53. The van der Waals surface area contributed by atoms with E-state index in [-0.39, 0.29) is 5.41 Å².